The van der Waals surface area contributed by atoms with Gasteiger partial charge in [-0.1, -0.05) is 12.1 Å². The number of nitrogen functional groups attached to an aromatic ring is 1. The van der Waals surface area contributed by atoms with Gasteiger partial charge in [0.2, 0.25) is 0 Å². The number of hydrogen-bond donors (Lipinski definition) is 2. The van der Waals surface area contributed by atoms with E-state index in [9.17, 15) is 18.0 Å². The molecule has 30 heavy (non-hydrogen) atoms. The van der Waals surface area contributed by atoms with E-state index in [0.29, 0.717) is 5.69 Å². The summed E-state index contributed by atoms with van der Waals surface area (Å²) in [5.41, 5.74) is 6.50. The molecule has 4 aromatic rings. The summed E-state index contributed by atoms with van der Waals surface area (Å²) in [6, 6.07) is 8.50. The first-order valence-corrected chi connectivity index (χ1v) is 8.54. The Bertz CT molecular complexity index is 1250. The smallest absolute Gasteiger partial charge is 0.403 e. The summed E-state index contributed by atoms with van der Waals surface area (Å²) in [6.45, 7) is 1.64. The van der Waals surface area contributed by atoms with Crippen LogP contribution < -0.4 is 15.8 Å². The number of amides is 1. The highest BCUT2D eigenvalue weighted by molar-refractivity contribution is 6.08. The Labute approximate surface area is 166 Å². The van der Waals surface area contributed by atoms with Crippen molar-refractivity contribution in [2.45, 2.75) is 13.3 Å². The average molecular weight is 417 g/mol. The third-order valence-electron chi connectivity index (χ3n) is 4.03. The SMILES string of the molecule is Cc1cc(NC(=O)c2cnn3ccc(N)nc23)n(-c2ccccc2OC(F)(F)F)n1. The first-order valence-electron chi connectivity index (χ1n) is 8.54. The highest BCUT2D eigenvalue weighted by Crippen LogP contribution is 2.31. The molecule has 12 heteroatoms. The van der Waals surface area contributed by atoms with Crippen LogP contribution >= 0.6 is 0 Å². The highest BCUT2D eigenvalue weighted by atomic mass is 19.4. The first kappa shape index (κ1) is 19.2. The van der Waals surface area contributed by atoms with Gasteiger partial charge in [0.1, 0.15) is 22.9 Å². The third-order valence-corrected chi connectivity index (χ3v) is 4.03. The molecular formula is C18H14F3N7O2. The molecule has 0 spiro atoms. The zero-order valence-electron chi connectivity index (χ0n) is 15.4. The minimum Gasteiger partial charge on any atom is -0.403 e. The van der Waals surface area contributed by atoms with Crippen LogP contribution in [0.15, 0.2) is 48.8 Å². The van der Waals surface area contributed by atoms with Gasteiger partial charge in [0, 0.05) is 12.3 Å². The molecule has 0 saturated heterocycles. The molecular weight excluding hydrogens is 403 g/mol. The molecule has 0 atom stereocenters. The minimum atomic E-state index is -4.88. The fraction of sp³-hybridized carbons (Fsp3) is 0.111. The predicted molar refractivity (Wildman–Crippen MR) is 100 cm³/mol. The number of aryl methyl sites for hydroxylation is 1. The van der Waals surface area contributed by atoms with Gasteiger partial charge < -0.3 is 15.8 Å². The van der Waals surface area contributed by atoms with Gasteiger partial charge in [-0.15, -0.1) is 13.2 Å². The quantitative estimate of drug-likeness (QED) is 0.528. The number of para-hydroxylation sites is 2. The first-order chi connectivity index (χ1) is 14.2. The van der Waals surface area contributed by atoms with Crippen molar-refractivity contribution in [3.8, 4) is 11.4 Å². The lowest BCUT2D eigenvalue weighted by Crippen LogP contribution is -2.19. The van der Waals surface area contributed by atoms with Crippen LogP contribution in [0, 0.1) is 6.92 Å². The number of nitrogens with zero attached hydrogens (tertiary/aromatic N) is 5. The number of anilines is 2. The van der Waals surface area contributed by atoms with E-state index in [1.807, 2.05) is 0 Å². The summed E-state index contributed by atoms with van der Waals surface area (Å²) in [6.07, 6.45) is -2.02. The molecule has 3 aromatic heterocycles. The van der Waals surface area contributed by atoms with Crippen molar-refractivity contribution in [1.29, 1.82) is 0 Å². The van der Waals surface area contributed by atoms with Crippen LogP contribution in [-0.4, -0.2) is 36.6 Å². The number of carbonyl (C=O) groups is 1. The van der Waals surface area contributed by atoms with E-state index >= 15 is 0 Å². The second-order valence-electron chi connectivity index (χ2n) is 6.23. The molecule has 0 bridgehead atoms. The molecule has 0 radical (unpaired) electrons. The van der Waals surface area contributed by atoms with Gasteiger partial charge in [0.15, 0.2) is 11.4 Å². The molecule has 0 unspecified atom stereocenters. The summed E-state index contributed by atoms with van der Waals surface area (Å²) >= 11 is 0. The number of nitrogens with two attached hydrogens (primary N) is 1. The number of aromatic nitrogens is 5. The van der Waals surface area contributed by atoms with Gasteiger partial charge in [-0.3, -0.25) is 4.79 Å². The van der Waals surface area contributed by atoms with E-state index in [0.717, 1.165) is 10.7 Å². The van der Waals surface area contributed by atoms with Crippen LogP contribution in [0.3, 0.4) is 0 Å². The maximum absolute atomic E-state index is 12.8. The molecule has 3 heterocycles. The van der Waals surface area contributed by atoms with Crippen LogP contribution in [0.2, 0.25) is 0 Å². The molecule has 154 valence electrons. The molecule has 1 aromatic carbocycles. The second-order valence-corrected chi connectivity index (χ2v) is 6.23. The molecule has 1 amide bonds. The maximum Gasteiger partial charge on any atom is 0.573 e. The van der Waals surface area contributed by atoms with Gasteiger partial charge in [0.25, 0.3) is 5.91 Å². The van der Waals surface area contributed by atoms with Crippen LogP contribution in [0.4, 0.5) is 24.8 Å². The lowest BCUT2D eigenvalue weighted by Gasteiger charge is -2.15. The second kappa shape index (κ2) is 7.06. The van der Waals surface area contributed by atoms with Crippen LogP contribution in [0.25, 0.3) is 11.3 Å². The Balaban J connectivity index is 1.71. The Morgan fingerprint density at radius 3 is 2.77 bits per heavy atom. The van der Waals surface area contributed by atoms with Crippen LogP contribution in [0.5, 0.6) is 5.75 Å². The lowest BCUT2D eigenvalue weighted by molar-refractivity contribution is -0.274. The van der Waals surface area contributed by atoms with Crippen molar-refractivity contribution in [1.82, 2.24) is 24.4 Å². The molecule has 9 nitrogen and oxygen atoms in total. The van der Waals surface area contributed by atoms with E-state index in [4.69, 9.17) is 5.73 Å². The number of halogens is 3. The summed E-state index contributed by atoms with van der Waals surface area (Å²) in [4.78, 5) is 16.9. The lowest BCUT2D eigenvalue weighted by atomic mass is 10.3. The standard InChI is InChI=1S/C18H14F3N7O2/c1-10-8-15(25-17(29)11-9-23-27-7-6-14(22)24-16(11)27)28(26-10)12-4-2-3-5-13(12)30-18(19,20)21/h2-9H,1H3,(H2,22,24)(H,25,29). The van der Waals surface area contributed by atoms with Gasteiger partial charge in [-0.2, -0.15) is 10.2 Å². The van der Waals surface area contributed by atoms with Crippen LogP contribution in [0.1, 0.15) is 16.1 Å². The van der Waals surface area contributed by atoms with Crippen molar-refractivity contribution in [2.75, 3.05) is 11.1 Å². The van der Waals surface area contributed by atoms with E-state index < -0.39 is 18.0 Å². The van der Waals surface area contributed by atoms with Gasteiger partial charge in [0.05, 0.1) is 11.9 Å². The summed E-state index contributed by atoms with van der Waals surface area (Å²) < 4.78 is 44.9. The van der Waals surface area contributed by atoms with Crippen molar-refractivity contribution >= 4 is 23.2 Å². The molecule has 3 N–H and O–H groups in total. The number of carbonyl (C=O) groups excluding carboxylic acids is 1. The van der Waals surface area contributed by atoms with Gasteiger partial charge in [-0.05, 0) is 25.1 Å². The van der Waals surface area contributed by atoms with Gasteiger partial charge in [-0.25, -0.2) is 14.2 Å². The van der Waals surface area contributed by atoms with Crippen molar-refractivity contribution in [2.24, 2.45) is 0 Å². The molecule has 4 rings (SSSR count). The summed E-state index contributed by atoms with van der Waals surface area (Å²) in [5, 5.41) is 10.8. The largest absolute Gasteiger partial charge is 0.573 e. The Kier molecular flexibility index (Phi) is 4.53. The number of ether oxygens (including phenoxy) is 1. The normalized spacial score (nSPS) is 11.6. The Hall–Kier alpha value is -4.09. The summed E-state index contributed by atoms with van der Waals surface area (Å²) in [5.74, 6) is -0.706. The maximum atomic E-state index is 12.8. The molecule has 0 saturated carbocycles. The number of benzene rings is 1. The predicted octanol–water partition coefficient (Wildman–Crippen LogP) is 2.96. The fourth-order valence-electron chi connectivity index (χ4n) is 2.84. The Morgan fingerprint density at radius 1 is 1.23 bits per heavy atom. The molecule has 0 aliphatic carbocycles. The minimum absolute atomic E-state index is 0.000425. The number of nitrogens with one attached hydrogen (secondary N) is 1. The summed E-state index contributed by atoms with van der Waals surface area (Å²) in [7, 11) is 0. The molecule has 0 aliphatic rings. The third kappa shape index (κ3) is 3.74. The van der Waals surface area contributed by atoms with Crippen molar-refractivity contribution < 1.29 is 22.7 Å². The van der Waals surface area contributed by atoms with E-state index in [-0.39, 0.29) is 28.5 Å². The monoisotopic (exact) mass is 417 g/mol. The van der Waals surface area contributed by atoms with E-state index in [1.54, 1.807) is 13.1 Å². The average Bonchev–Trinajstić information content (AvgIpc) is 3.23. The number of rotatable bonds is 4. The van der Waals surface area contributed by atoms with E-state index in [2.05, 4.69) is 25.2 Å². The van der Waals surface area contributed by atoms with Gasteiger partial charge >= 0.3 is 6.36 Å². The van der Waals surface area contributed by atoms with E-state index in [1.165, 1.54) is 41.0 Å². The number of fused-ring (bicyclic) bond motifs is 1. The van der Waals surface area contributed by atoms with Crippen LogP contribution in [-0.2, 0) is 0 Å². The number of alkyl halides is 3. The topological polar surface area (TPSA) is 112 Å². The Morgan fingerprint density at radius 2 is 2.00 bits per heavy atom. The molecule has 0 aliphatic heterocycles. The van der Waals surface area contributed by atoms with Crippen molar-refractivity contribution in [3.05, 3.63) is 60.0 Å². The zero-order chi connectivity index (χ0) is 21.5. The highest BCUT2D eigenvalue weighted by Gasteiger charge is 2.32. The fourth-order valence-corrected chi connectivity index (χ4v) is 2.84. The molecule has 0 fully saturated rings. The number of hydrogen-bond acceptors (Lipinski definition) is 6. The van der Waals surface area contributed by atoms with Crippen molar-refractivity contribution in [3.63, 3.8) is 0 Å². The zero-order valence-corrected chi connectivity index (χ0v) is 15.4.